The molecule has 2 saturated heterocycles. The topological polar surface area (TPSA) is 81.8 Å². The number of anilines is 2. The predicted molar refractivity (Wildman–Crippen MR) is 103 cm³/mol. The van der Waals surface area contributed by atoms with Crippen molar-refractivity contribution in [2.24, 2.45) is 11.8 Å². The highest BCUT2D eigenvalue weighted by Gasteiger charge is 2.30. The second-order valence-corrected chi connectivity index (χ2v) is 7.52. The average molecular weight is 363 g/mol. The molecule has 2 aromatic rings. The van der Waals surface area contributed by atoms with Crippen LogP contribution in [-0.4, -0.2) is 46.1 Å². The summed E-state index contributed by atoms with van der Waals surface area (Å²) in [6, 6.07) is 3.93. The Kier molecular flexibility index (Phi) is 5.14. The van der Waals surface area contributed by atoms with E-state index >= 15 is 0 Å². The minimum atomic E-state index is 0.251. The smallest absolute Gasteiger partial charge is 0.234 e. The number of aryl methyl sites for hydroxylation is 1. The molecule has 0 unspecified atom stereocenters. The van der Waals surface area contributed by atoms with E-state index in [-0.39, 0.29) is 5.82 Å². The van der Waals surface area contributed by atoms with Crippen molar-refractivity contribution >= 4 is 11.6 Å². The normalized spacial score (nSPS) is 19.1. The summed E-state index contributed by atoms with van der Waals surface area (Å²) >= 11 is 0. The van der Waals surface area contributed by atoms with Crippen molar-refractivity contribution in [3.05, 3.63) is 36.2 Å². The maximum atomic E-state index is 8.98. The molecule has 2 aromatic heterocycles. The SMILES string of the molecule is Cc1cnc(N2CCC(C3CCN(c4ccnc(C#N)n4)CC3)CC2)cn1. The number of nitriles is 1. The van der Waals surface area contributed by atoms with Crippen molar-refractivity contribution in [2.45, 2.75) is 32.6 Å². The van der Waals surface area contributed by atoms with E-state index in [2.05, 4.69) is 29.7 Å². The van der Waals surface area contributed by atoms with Crippen molar-refractivity contribution in [2.75, 3.05) is 36.0 Å². The second kappa shape index (κ2) is 7.87. The average Bonchev–Trinajstić information content (AvgIpc) is 2.75. The molecule has 140 valence electrons. The van der Waals surface area contributed by atoms with Crippen LogP contribution in [0.25, 0.3) is 0 Å². The van der Waals surface area contributed by atoms with Crippen molar-refractivity contribution in [1.29, 1.82) is 5.26 Å². The van der Waals surface area contributed by atoms with Crippen LogP contribution in [0.4, 0.5) is 11.6 Å². The molecule has 2 aliphatic rings. The summed E-state index contributed by atoms with van der Waals surface area (Å²) in [7, 11) is 0. The van der Waals surface area contributed by atoms with Gasteiger partial charge in [-0.2, -0.15) is 5.26 Å². The van der Waals surface area contributed by atoms with Crippen LogP contribution in [0.5, 0.6) is 0 Å². The Bertz CT molecular complexity index is 798. The Morgan fingerprint density at radius 1 is 0.889 bits per heavy atom. The lowest BCUT2D eigenvalue weighted by molar-refractivity contribution is 0.232. The molecule has 0 radical (unpaired) electrons. The summed E-state index contributed by atoms with van der Waals surface area (Å²) in [5.74, 6) is 3.71. The maximum Gasteiger partial charge on any atom is 0.234 e. The van der Waals surface area contributed by atoms with Gasteiger partial charge in [0.2, 0.25) is 5.82 Å². The van der Waals surface area contributed by atoms with Crippen LogP contribution >= 0.6 is 0 Å². The molecule has 0 aromatic carbocycles. The number of nitrogens with zero attached hydrogens (tertiary/aromatic N) is 7. The van der Waals surface area contributed by atoms with E-state index in [0.29, 0.717) is 0 Å². The monoisotopic (exact) mass is 363 g/mol. The molecule has 0 N–H and O–H groups in total. The third-order valence-electron chi connectivity index (χ3n) is 5.90. The molecular formula is C20H25N7. The van der Waals surface area contributed by atoms with Crippen molar-refractivity contribution < 1.29 is 0 Å². The van der Waals surface area contributed by atoms with Crippen LogP contribution in [-0.2, 0) is 0 Å². The minimum Gasteiger partial charge on any atom is -0.356 e. The van der Waals surface area contributed by atoms with Gasteiger partial charge < -0.3 is 9.80 Å². The Labute approximate surface area is 160 Å². The number of aromatic nitrogens is 4. The fourth-order valence-corrected chi connectivity index (χ4v) is 4.33. The van der Waals surface area contributed by atoms with Gasteiger partial charge in [0.05, 0.1) is 18.1 Å². The molecule has 0 amide bonds. The second-order valence-electron chi connectivity index (χ2n) is 7.52. The zero-order valence-electron chi connectivity index (χ0n) is 15.8. The zero-order chi connectivity index (χ0) is 18.6. The molecule has 0 atom stereocenters. The van der Waals surface area contributed by atoms with Gasteiger partial charge >= 0.3 is 0 Å². The summed E-state index contributed by atoms with van der Waals surface area (Å²) in [5, 5.41) is 8.98. The molecule has 2 aliphatic heterocycles. The summed E-state index contributed by atoms with van der Waals surface area (Å²) in [6.45, 7) is 6.13. The van der Waals surface area contributed by atoms with Crippen LogP contribution in [0.15, 0.2) is 24.7 Å². The Balaban J connectivity index is 1.29. The lowest BCUT2D eigenvalue weighted by atomic mass is 9.79. The number of hydrogen-bond donors (Lipinski definition) is 0. The van der Waals surface area contributed by atoms with Gasteiger partial charge in [-0.1, -0.05) is 0 Å². The van der Waals surface area contributed by atoms with Gasteiger partial charge in [0, 0.05) is 32.4 Å². The number of rotatable bonds is 3. The quantitative estimate of drug-likeness (QED) is 0.829. The highest BCUT2D eigenvalue weighted by atomic mass is 15.2. The van der Waals surface area contributed by atoms with Crippen LogP contribution in [0.3, 0.4) is 0 Å². The third kappa shape index (κ3) is 4.00. The molecule has 27 heavy (non-hydrogen) atoms. The molecular weight excluding hydrogens is 338 g/mol. The van der Waals surface area contributed by atoms with Crippen LogP contribution in [0, 0.1) is 30.1 Å². The molecule has 2 fully saturated rings. The van der Waals surface area contributed by atoms with Gasteiger partial charge in [0.15, 0.2) is 0 Å². The Morgan fingerprint density at radius 2 is 1.52 bits per heavy atom. The van der Waals surface area contributed by atoms with Gasteiger partial charge in [-0.3, -0.25) is 4.98 Å². The van der Waals surface area contributed by atoms with E-state index in [4.69, 9.17) is 5.26 Å². The fourth-order valence-electron chi connectivity index (χ4n) is 4.33. The Morgan fingerprint density at radius 3 is 2.07 bits per heavy atom. The van der Waals surface area contributed by atoms with E-state index in [1.54, 1.807) is 6.20 Å². The molecule has 0 spiro atoms. The van der Waals surface area contributed by atoms with Gasteiger partial charge in [-0.25, -0.2) is 15.0 Å². The van der Waals surface area contributed by atoms with Crippen LogP contribution < -0.4 is 9.80 Å². The van der Waals surface area contributed by atoms with E-state index in [0.717, 1.165) is 55.3 Å². The lowest BCUT2D eigenvalue weighted by Crippen LogP contribution is -2.41. The van der Waals surface area contributed by atoms with E-state index < -0.39 is 0 Å². The van der Waals surface area contributed by atoms with Gasteiger partial charge in [0.1, 0.15) is 17.7 Å². The lowest BCUT2D eigenvalue weighted by Gasteiger charge is -2.40. The summed E-state index contributed by atoms with van der Waals surface area (Å²) in [5.41, 5.74) is 0.964. The molecule has 0 bridgehead atoms. The summed E-state index contributed by atoms with van der Waals surface area (Å²) in [6.07, 6.45) is 10.3. The van der Waals surface area contributed by atoms with Crippen molar-refractivity contribution in [3.63, 3.8) is 0 Å². The first-order valence-corrected chi connectivity index (χ1v) is 9.74. The van der Waals surface area contributed by atoms with E-state index in [1.165, 1.54) is 25.7 Å². The molecule has 4 heterocycles. The molecule has 4 rings (SSSR count). The standard InChI is InChI=1S/C20H25N7/c1-15-13-24-20(14-23-15)27-10-5-17(6-11-27)16-3-8-26(9-4-16)19-2-7-22-18(12-21)25-19/h2,7,13-14,16-17H,3-6,8-11H2,1H3. The summed E-state index contributed by atoms with van der Waals surface area (Å²) < 4.78 is 0. The van der Waals surface area contributed by atoms with E-state index in [1.807, 2.05) is 31.5 Å². The number of piperidine rings is 2. The Hall–Kier alpha value is -2.75. The number of hydrogen-bond acceptors (Lipinski definition) is 7. The summed E-state index contributed by atoms with van der Waals surface area (Å²) in [4.78, 5) is 21.8. The largest absolute Gasteiger partial charge is 0.356 e. The highest BCUT2D eigenvalue weighted by molar-refractivity contribution is 5.39. The first kappa shape index (κ1) is 17.7. The first-order chi connectivity index (χ1) is 13.2. The zero-order valence-corrected chi connectivity index (χ0v) is 15.8. The van der Waals surface area contributed by atoms with Gasteiger partial charge in [0.25, 0.3) is 0 Å². The first-order valence-electron chi connectivity index (χ1n) is 9.74. The molecule has 7 nitrogen and oxygen atoms in total. The highest BCUT2D eigenvalue weighted by Crippen LogP contribution is 2.34. The molecule has 0 aliphatic carbocycles. The van der Waals surface area contributed by atoms with Crippen molar-refractivity contribution in [1.82, 2.24) is 19.9 Å². The molecule has 7 heteroatoms. The van der Waals surface area contributed by atoms with Gasteiger partial charge in [-0.15, -0.1) is 0 Å². The predicted octanol–water partition coefficient (Wildman–Crippen LogP) is 2.58. The minimum absolute atomic E-state index is 0.251. The van der Waals surface area contributed by atoms with Crippen LogP contribution in [0.2, 0.25) is 0 Å². The van der Waals surface area contributed by atoms with Crippen LogP contribution in [0.1, 0.15) is 37.2 Å². The van der Waals surface area contributed by atoms with Crippen molar-refractivity contribution in [3.8, 4) is 6.07 Å². The maximum absolute atomic E-state index is 8.98. The third-order valence-corrected chi connectivity index (χ3v) is 5.90. The molecule has 0 saturated carbocycles. The van der Waals surface area contributed by atoms with E-state index in [9.17, 15) is 0 Å². The fraction of sp³-hybridized carbons (Fsp3) is 0.550. The van der Waals surface area contributed by atoms with Gasteiger partial charge in [-0.05, 0) is 50.5 Å².